The van der Waals surface area contributed by atoms with Crippen molar-refractivity contribution in [2.45, 2.75) is 70.5 Å². The third kappa shape index (κ3) is 3.46. The Bertz CT molecular complexity index is 187. The minimum atomic E-state index is 0.691. The molecule has 1 saturated heterocycles. The first-order valence-electron chi connectivity index (χ1n) is 6.73. The van der Waals surface area contributed by atoms with Crippen LogP contribution in [0, 0.1) is 5.92 Å². The summed E-state index contributed by atoms with van der Waals surface area (Å²) in [5, 5.41) is 7.38. The van der Waals surface area contributed by atoms with E-state index in [1.54, 1.807) is 0 Å². The van der Waals surface area contributed by atoms with E-state index < -0.39 is 0 Å². The van der Waals surface area contributed by atoms with Gasteiger partial charge in [-0.1, -0.05) is 6.92 Å². The van der Waals surface area contributed by atoms with E-state index in [0.29, 0.717) is 6.04 Å². The molecule has 0 aromatic rings. The van der Waals surface area contributed by atoms with Crippen molar-refractivity contribution in [3.63, 3.8) is 0 Å². The lowest BCUT2D eigenvalue weighted by atomic mass is 10.1. The van der Waals surface area contributed by atoms with Crippen molar-refractivity contribution in [3.8, 4) is 0 Å². The normalized spacial score (nSPS) is 38.4. The van der Waals surface area contributed by atoms with Gasteiger partial charge in [0.05, 0.1) is 0 Å². The average molecular weight is 210 g/mol. The Balaban J connectivity index is 1.65. The molecule has 0 amide bonds. The second kappa shape index (κ2) is 5.31. The topological polar surface area (TPSA) is 24.1 Å². The van der Waals surface area contributed by atoms with Crippen LogP contribution in [0.25, 0.3) is 0 Å². The summed E-state index contributed by atoms with van der Waals surface area (Å²) < 4.78 is 0. The smallest absolute Gasteiger partial charge is 0.00822 e. The van der Waals surface area contributed by atoms with Crippen LogP contribution in [0.5, 0.6) is 0 Å². The minimum absolute atomic E-state index is 0.691. The van der Waals surface area contributed by atoms with Crippen molar-refractivity contribution in [2.75, 3.05) is 6.54 Å². The van der Waals surface area contributed by atoms with E-state index in [4.69, 9.17) is 0 Å². The average Bonchev–Trinajstić information content (AvgIpc) is 2.77. The van der Waals surface area contributed by atoms with Gasteiger partial charge in [0.1, 0.15) is 0 Å². The molecule has 4 unspecified atom stereocenters. The van der Waals surface area contributed by atoms with Crippen LogP contribution in [0.1, 0.15) is 52.4 Å². The maximum Gasteiger partial charge on any atom is 0.00822 e. The Hall–Kier alpha value is -0.0800. The van der Waals surface area contributed by atoms with Crippen LogP contribution >= 0.6 is 0 Å². The molecule has 1 aliphatic heterocycles. The standard InChI is InChI=1S/C13H26N2/c1-10-5-6-13(8-10)15-11(2)9-12-4-3-7-14-12/h10-15H,3-9H2,1-2H3. The second-order valence-corrected chi connectivity index (χ2v) is 5.71. The van der Waals surface area contributed by atoms with Crippen LogP contribution < -0.4 is 10.6 Å². The molecule has 2 rings (SSSR count). The second-order valence-electron chi connectivity index (χ2n) is 5.71. The fourth-order valence-electron chi connectivity index (χ4n) is 3.21. The van der Waals surface area contributed by atoms with Crippen molar-refractivity contribution in [2.24, 2.45) is 5.92 Å². The summed E-state index contributed by atoms with van der Waals surface area (Å²) in [4.78, 5) is 0. The largest absolute Gasteiger partial charge is 0.314 e. The van der Waals surface area contributed by atoms with Crippen LogP contribution in [-0.4, -0.2) is 24.7 Å². The molecule has 1 saturated carbocycles. The summed E-state index contributed by atoms with van der Waals surface area (Å²) in [5.74, 6) is 0.944. The molecule has 0 bridgehead atoms. The van der Waals surface area contributed by atoms with Gasteiger partial charge in [-0.15, -0.1) is 0 Å². The molecule has 15 heavy (non-hydrogen) atoms. The first kappa shape index (κ1) is 11.4. The zero-order valence-corrected chi connectivity index (χ0v) is 10.3. The van der Waals surface area contributed by atoms with E-state index in [-0.39, 0.29) is 0 Å². The monoisotopic (exact) mass is 210 g/mol. The van der Waals surface area contributed by atoms with Crippen molar-refractivity contribution in [1.82, 2.24) is 10.6 Å². The van der Waals surface area contributed by atoms with Crippen LogP contribution in [0.2, 0.25) is 0 Å². The Morgan fingerprint density at radius 3 is 2.80 bits per heavy atom. The summed E-state index contributed by atoms with van der Waals surface area (Å²) >= 11 is 0. The van der Waals surface area contributed by atoms with Gasteiger partial charge < -0.3 is 10.6 Å². The Labute approximate surface area is 94.2 Å². The molecule has 4 atom stereocenters. The molecule has 1 aliphatic carbocycles. The zero-order chi connectivity index (χ0) is 10.7. The highest BCUT2D eigenvalue weighted by Crippen LogP contribution is 2.25. The lowest BCUT2D eigenvalue weighted by Gasteiger charge is -2.22. The molecule has 2 fully saturated rings. The summed E-state index contributed by atoms with van der Waals surface area (Å²) in [6.07, 6.45) is 8.27. The van der Waals surface area contributed by atoms with Gasteiger partial charge in [0, 0.05) is 18.1 Å². The van der Waals surface area contributed by atoms with Crippen LogP contribution in [0.4, 0.5) is 0 Å². The Morgan fingerprint density at radius 1 is 1.33 bits per heavy atom. The van der Waals surface area contributed by atoms with Gasteiger partial charge in [-0.2, -0.15) is 0 Å². The van der Waals surface area contributed by atoms with E-state index in [1.165, 1.54) is 45.1 Å². The summed E-state index contributed by atoms with van der Waals surface area (Å²) in [6.45, 7) is 5.96. The third-order valence-corrected chi connectivity index (χ3v) is 4.02. The molecule has 0 spiro atoms. The molecule has 2 N–H and O–H groups in total. The summed E-state index contributed by atoms with van der Waals surface area (Å²) in [5.41, 5.74) is 0. The number of rotatable bonds is 4. The Morgan fingerprint density at radius 2 is 2.20 bits per heavy atom. The fraction of sp³-hybridized carbons (Fsp3) is 1.00. The van der Waals surface area contributed by atoms with Gasteiger partial charge in [-0.3, -0.25) is 0 Å². The molecule has 2 nitrogen and oxygen atoms in total. The van der Waals surface area contributed by atoms with Crippen molar-refractivity contribution < 1.29 is 0 Å². The Kier molecular flexibility index (Phi) is 4.04. The molecule has 1 heterocycles. The third-order valence-electron chi connectivity index (χ3n) is 4.02. The van der Waals surface area contributed by atoms with Crippen LogP contribution in [0.15, 0.2) is 0 Å². The number of nitrogens with one attached hydrogen (secondary N) is 2. The zero-order valence-electron chi connectivity index (χ0n) is 10.3. The van der Waals surface area contributed by atoms with Crippen molar-refractivity contribution in [1.29, 1.82) is 0 Å². The maximum atomic E-state index is 3.80. The van der Waals surface area contributed by atoms with Gasteiger partial charge in [0.25, 0.3) is 0 Å². The predicted molar refractivity (Wildman–Crippen MR) is 65.0 cm³/mol. The van der Waals surface area contributed by atoms with E-state index >= 15 is 0 Å². The lowest BCUT2D eigenvalue weighted by Crippen LogP contribution is -2.39. The summed E-state index contributed by atoms with van der Waals surface area (Å²) in [6, 6.07) is 2.28. The van der Waals surface area contributed by atoms with E-state index in [9.17, 15) is 0 Å². The molecule has 0 radical (unpaired) electrons. The van der Waals surface area contributed by atoms with Gasteiger partial charge >= 0.3 is 0 Å². The van der Waals surface area contributed by atoms with Crippen LogP contribution in [-0.2, 0) is 0 Å². The lowest BCUT2D eigenvalue weighted by molar-refractivity contribution is 0.388. The highest BCUT2D eigenvalue weighted by atomic mass is 15.0. The van der Waals surface area contributed by atoms with Crippen molar-refractivity contribution >= 4 is 0 Å². The quantitative estimate of drug-likeness (QED) is 0.744. The highest BCUT2D eigenvalue weighted by molar-refractivity contribution is 4.84. The van der Waals surface area contributed by atoms with Gasteiger partial charge in [-0.05, 0) is 57.9 Å². The maximum absolute atomic E-state index is 3.80. The SMILES string of the molecule is CC1CCC(NC(C)CC2CCCN2)C1. The van der Waals surface area contributed by atoms with Gasteiger partial charge in [0.2, 0.25) is 0 Å². The molecular weight excluding hydrogens is 184 g/mol. The molecule has 2 aliphatic rings. The van der Waals surface area contributed by atoms with Gasteiger partial charge in [-0.25, -0.2) is 0 Å². The van der Waals surface area contributed by atoms with E-state index in [1.807, 2.05) is 0 Å². The van der Waals surface area contributed by atoms with E-state index in [2.05, 4.69) is 24.5 Å². The highest BCUT2D eigenvalue weighted by Gasteiger charge is 2.24. The fourth-order valence-corrected chi connectivity index (χ4v) is 3.21. The minimum Gasteiger partial charge on any atom is -0.314 e. The van der Waals surface area contributed by atoms with Crippen LogP contribution in [0.3, 0.4) is 0 Å². The van der Waals surface area contributed by atoms with Crippen molar-refractivity contribution in [3.05, 3.63) is 0 Å². The molecule has 2 heteroatoms. The first-order chi connectivity index (χ1) is 7.24. The van der Waals surface area contributed by atoms with Gasteiger partial charge in [0.15, 0.2) is 0 Å². The molecule has 0 aromatic carbocycles. The molecular formula is C13H26N2. The summed E-state index contributed by atoms with van der Waals surface area (Å²) in [7, 11) is 0. The number of hydrogen-bond acceptors (Lipinski definition) is 2. The van der Waals surface area contributed by atoms with E-state index in [0.717, 1.165) is 18.0 Å². The molecule has 88 valence electrons. The molecule has 0 aromatic heterocycles. The number of hydrogen-bond donors (Lipinski definition) is 2. The predicted octanol–water partition coefficient (Wildman–Crippen LogP) is 2.30. The first-order valence-corrected chi connectivity index (χ1v) is 6.73.